The van der Waals surface area contributed by atoms with Gasteiger partial charge in [0.15, 0.2) is 0 Å². The van der Waals surface area contributed by atoms with Crippen molar-refractivity contribution in [3.63, 3.8) is 0 Å². The van der Waals surface area contributed by atoms with Gasteiger partial charge in [-0.2, -0.15) is 0 Å². The molecule has 0 heterocycles. The Kier molecular flexibility index (Phi) is 7.44. The van der Waals surface area contributed by atoms with Gasteiger partial charge in [-0.05, 0) is 92.0 Å². The van der Waals surface area contributed by atoms with E-state index >= 15 is 0 Å². The fourth-order valence-electron chi connectivity index (χ4n) is 8.29. The number of nitrogens with zero attached hydrogens (tertiary/aromatic N) is 1. The molecule has 8 aromatic carbocycles. The molecule has 1 aliphatic rings. The van der Waals surface area contributed by atoms with E-state index in [0.717, 1.165) is 17.1 Å². The summed E-state index contributed by atoms with van der Waals surface area (Å²) in [4.78, 5) is 2.51. The maximum absolute atomic E-state index is 2.51. The third-order valence-corrected chi connectivity index (χ3v) is 10.8. The van der Waals surface area contributed by atoms with Crippen LogP contribution in [-0.2, 0) is 5.41 Å². The highest BCUT2D eigenvalue weighted by molar-refractivity contribution is 6.05. The Morgan fingerprint density at radius 3 is 1.80 bits per heavy atom. The number of fused-ring (bicyclic) bond motifs is 4. The molecule has 0 aromatic heterocycles. The third-order valence-electron chi connectivity index (χ3n) is 10.8. The molecular weight excluding hydrogens is 615 g/mol. The van der Waals surface area contributed by atoms with E-state index in [4.69, 9.17) is 0 Å². The highest BCUT2D eigenvalue weighted by Gasteiger charge is 2.36. The molecular formula is C50H39N. The van der Waals surface area contributed by atoms with Crippen LogP contribution in [0.5, 0.6) is 0 Å². The predicted molar refractivity (Wildman–Crippen MR) is 217 cm³/mol. The summed E-state index contributed by atoms with van der Waals surface area (Å²) < 4.78 is 0. The SMILES string of the molecule is Cc1cccc2cccc(-c3ccc(-c4ccccc4)cc3N(c3ccc4c(c3)-c3ccccc3C4(C)C)c3ccccc3-c3ccccc3)c12. The smallest absolute Gasteiger partial charge is 0.0546 e. The average Bonchev–Trinajstić information content (AvgIpc) is 3.41. The van der Waals surface area contributed by atoms with Gasteiger partial charge in [-0.15, -0.1) is 0 Å². The lowest BCUT2D eigenvalue weighted by Gasteiger charge is -2.31. The van der Waals surface area contributed by atoms with Gasteiger partial charge in [-0.25, -0.2) is 0 Å². The fraction of sp³-hybridized carbons (Fsp3) is 0.0800. The second-order valence-electron chi connectivity index (χ2n) is 14.2. The van der Waals surface area contributed by atoms with Gasteiger partial charge in [0.05, 0.1) is 11.4 Å². The van der Waals surface area contributed by atoms with E-state index in [9.17, 15) is 0 Å². The Morgan fingerprint density at radius 1 is 0.392 bits per heavy atom. The maximum Gasteiger partial charge on any atom is 0.0546 e. The molecule has 0 aliphatic heterocycles. The molecule has 0 saturated heterocycles. The number of hydrogen-bond donors (Lipinski definition) is 0. The Labute approximate surface area is 301 Å². The second kappa shape index (κ2) is 12.3. The molecule has 0 amide bonds. The Balaban J connectivity index is 1.38. The molecule has 51 heavy (non-hydrogen) atoms. The third kappa shape index (κ3) is 5.16. The number of aryl methyl sites for hydroxylation is 1. The van der Waals surface area contributed by atoms with Crippen molar-refractivity contribution in [1.82, 2.24) is 0 Å². The molecule has 0 unspecified atom stereocenters. The largest absolute Gasteiger partial charge is 0.309 e. The van der Waals surface area contributed by atoms with Crippen LogP contribution < -0.4 is 4.90 Å². The van der Waals surface area contributed by atoms with Crippen LogP contribution in [0.3, 0.4) is 0 Å². The molecule has 0 radical (unpaired) electrons. The van der Waals surface area contributed by atoms with Gasteiger partial charge in [-0.1, -0.05) is 172 Å². The van der Waals surface area contributed by atoms with Crippen molar-refractivity contribution in [2.45, 2.75) is 26.2 Å². The van der Waals surface area contributed by atoms with Crippen molar-refractivity contribution in [3.8, 4) is 44.5 Å². The molecule has 0 atom stereocenters. The highest BCUT2D eigenvalue weighted by atomic mass is 15.1. The van der Waals surface area contributed by atoms with E-state index in [-0.39, 0.29) is 5.41 Å². The van der Waals surface area contributed by atoms with E-state index in [1.54, 1.807) is 0 Å². The molecule has 0 N–H and O–H groups in total. The van der Waals surface area contributed by atoms with Crippen LogP contribution in [0, 0.1) is 6.92 Å². The molecule has 1 nitrogen and oxygen atoms in total. The Bertz CT molecular complexity index is 2560. The molecule has 244 valence electrons. The minimum Gasteiger partial charge on any atom is -0.309 e. The number of anilines is 3. The van der Waals surface area contributed by atoms with E-state index in [0.29, 0.717) is 0 Å². The molecule has 0 spiro atoms. The maximum atomic E-state index is 2.51. The van der Waals surface area contributed by atoms with Crippen LogP contribution in [0.25, 0.3) is 55.3 Å². The van der Waals surface area contributed by atoms with E-state index < -0.39 is 0 Å². The van der Waals surface area contributed by atoms with E-state index in [1.807, 2.05) is 0 Å². The van der Waals surface area contributed by atoms with Gasteiger partial charge in [0.2, 0.25) is 0 Å². The minimum absolute atomic E-state index is 0.0733. The lowest BCUT2D eigenvalue weighted by molar-refractivity contribution is 0.660. The minimum atomic E-state index is -0.0733. The van der Waals surface area contributed by atoms with Crippen molar-refractivity contribution in [1.29, 1.82) is 0 Å². The van der Waals surface area contributed by atoms with E-state index in [1.165, 1.54) is 72.0 Å². The number of rotatable bonds is 6. The lowest BCUT2D eigenvalue weighted by Crippen LogP contribution is -2.16. The summed E-state index contributed by atoms with van der Waals surface area (Å²) in [7, 11) is 0. The second-order valence-corrected chi connectivity index (χ2v) is 14.2. The molecule has 8 aromatic rings. The number of benzene rings is 8. The lowest BCUT2D eigenvalue weighted by atomic mass is 9.82. The summed E-state index contributed by atoms with van der Waals surface area (Å²) >= 11 is 0. The molecule has 1 heteroatoms. The van der Waals surface area contributed by atoms with Gasteiger partial charge in [-0.3, -0.25) is 0 Å². The first-order valence-corrected chi connectivity index (χ1v) is 17.9. The average molecular weight is 654 g/mol. The zero-order valence-corrected chi connectivity index (χ0v) is 29.3. The van der Waals surface area contributed by atoms with Crippen LogP contribution in [-0.4, -0.2) is 0 Å². The summed E-state index contributed by atoms with van der Waals surface area (Å²) in [5.41, 5.74) is 17.2. The summed E-state index contributed by atoms with van der Waals surface area (Å²) in [6.07, 6.45) is 0. The summed E-state index contributed by atoms with van der Waals surface area (Å²) in [5, 5.41) is 2.54. The first-order chi connectivity index (χ1) is 25.0. The van der Waals surface area contributed by atoms with E-state index in [2.05, 4.69) is 208 Å². The quantitative estimate of drug-likeness (QED) is 0.173. The number of para-hydroxylation sites is 1. The van der Waals surface area contributed by atoms with Gasteiger partial charge in [0, 0.05) is 22.2 Å². The molecule has 0 bridgehead atoms. The van der Waals surface area contributed by atoms with Crippen LogP contribution in [0.1, 0.15) is 30.5 Å². The molecule has 1 aliphatic carbocycles. The Morgan fingerprint density at radius 2 is 1.02 bits per heavy atom. The zero-order chi connectivity index (χ0) is 34.5. The predicted octanol–water partition coefficient (Wildman–Crippen LogP) is 13.9. The van der Waals surface area contributed by atoms with Crippen molar-refractivity contribution in [2.24, 2.45) is 0 Å². The topological polar surface area (TPSA) is 3.24 Å². The summed E-state index contributed by atoms with van der Waals surface area (Å²) in [5.74, 6) is 0. The normalized spacial score (nSPS) is 12.8. The van der Waals surface area contributed by atoms with Crippen molar-refractivity contribution < 1.29 is 0 Å². The molecule has 0 fully saturated rings. The van der Waals surface area contributed by atoms with Crippen LogP contribution in [0.15, 0.2) is 182 Å². The van der Waals surface area contributed by atoms with Gasteiger partial charge in [0.25, 0.3) is 0 Å². The monoisotopic (exact) mass is 653 g/mol. The van der Waals surface area contributed by atoms with Crippen molar-refractivity contribution in [2.75, 3.05) is 4.90 Å². The zero-order valence-electron chi connectivity index (χ0n) is 29.3. The Hall–Kier alpha value is -6.18. The first-order valence-electron chi connectivity index (χ1n) is 17.9. The molecule has 9 rings (SSSR count). The fourth-order valence-corrected chi connectivity index (χ4v) is 8.29. The highest BCUT2D eigenvalue weighted by Crippen LogP contribution is 2.52. The first kappa shape index (κ1) is 30.8. The summed E-state index contributed by atoms with van der Waals surface area (Å²) in [6, 6.07) is 66.8. The van der Waals surface area contributed by atoms with Crippen LogP contribution in [0.2, 0.25) is 0 Å². The van der Waals surface area contributed by atoms with Crippen molar-refractivity contribution in [3.05, 3.63) is 199 Å². The van der Waals surface area contributed by atoms with Crippen molar-refractivity contribution >= 4 is 27.8 Å². The standard InChI is InChI=1S/C50H39N/c1-34-16-14-21-37-22-15-25-43(49(34)37)42-30-28-38(35-17-6-4-7-18-35)32-48(42)51(47-27-13-11-23-40(47)36-19-8-5-9-20-36)39-29-31-46-44(33-39)41-24-10-12-26-45(41)50(46,2)3/h4-33H,1-3H3. The van der Waals surface area contributed by atoms with Crippen LogP contribution in [0.4, 0.5) is 17.1 Å². The van der Waals surface area contributed by atoms with Gasteiger partial charge >= 0.3 is 0 Å². The van der Waals surface area contributed by atoms with Gasteiger partial charge in [0.1, 0.15) is 0 Å². The number of hydrogen-bond acceptors (Lipinski definition) is 1. The van der Waals surface area contributed by atoms with Crippen LogP contribution >= 0.6 is 0 Å². The molecule has 0 saturated carbocycles. The summed E-state index contributed by atoms with van der Waals surface area (Å²) in [6.45, 7) is 6.93. The van der Waals surface area contributed by atoms with Gasteiger partial charge < -0.3 is 4.90 Å².